The van der Waals surface area contributed by atoms with E-state index in [1.54, 1.807) is 0 Å². The lowest BCUT2D eigenvalue weighted by atomic mass is 10.1. The van der Waals surface area contributed by atoms with Crippen LogP contribution < -0.4 is 10.6 Å². The predicted molar refractivity (Wildman–Crippen MR) is 77.7 cm³/mol. The highest BCUT2D eigenvalue weighted by molar-refractivity contribution is 5.85. The Hall–Kier alpha value is -1.35. The van der Waals surface area contributed by atoms with Gasteiger partial charge in [-0.3, -0.25) is 14.5 Å². The molecule has 0 aromatic carbocycles. The van der Waals surface area contributed by atoms with Crippen molar-refractivity contribution in [3.8, 4) is 0 Å². The minimum atomic E-state index is -4.40. The average molecular weight is 336 g/mol. The Kier molecular flexibility index (Phi) is 6.23. The molecule has 2 aliphatic heterocycles. The Morgan fingerprint density at radius 3 is 2.52 bits per heavy atom. The predicted octanol–water partition coefficient (Wildman–Crippen LogP) is -0.0488. The molecule has 0 aliphatic carbocycles. The second-order valence-electron chi connectivity index (χ2n) is 5.92. The number of hydrogen-bond acceptors (Lipinski definition) is 4. The number of piperazine rings is 1. The molecule has 1 atom stereocenters. The topological polar surface area (TPSA) is 64.7 Å². The summed E-state index contributed by atoms with van der Waals surface area (Å²) in [6.07, 6.45) is -2.37. The molecule has 2 fully saturated rings. The molecule has 2 amide bonds. The van der Waals surface area contributed by atoms with Crippen LogP contribution in [0, 0.1) is 0 Å². The molecule has 1 unspecified atom stereocenters. The zero-order chi connectivity index (χ0) is 16.9. The van der Waals surface area contributed by atoms with Crippen LogP contribution in [0.2, 0.25) is 0 Å². The maximum Gasteiger partial charge on any atom is 0.405 e. The number of nitrogens with one attached hydrogen (secondary N) is 2. The summed E-state index contributed by atoms with van der Waals surface area (Å²) in [5, 5.41) is 5.34. The van der Waals surface area contributed by atoms with E-state index in [0.29, 0.717) is 39.1 Å². The van der Waals surface area contributed by atoms with Crippen LogP contribution in [0.3, 0.4) is 0 Å². The second-order valence-corrected chi connectivity index (χ2v) is 5.92. The number of piperidine rings is 1. The monoisotopic (exact) mass is 336 g/mol. The standard InChI is InChI=1S/C14H23F3N4O2/c15-14(16,17)11(20-7-4-18-5-8-20)9-19-12(22)10-21-6-2-1-3-13(21)23/h11,18H,1-10H2,(H,19,22). The van der Waals surface area contributed by atoms with Gasteiger partial charge in [0.25, 0.3) is 0 Å². The largest absolute Gasteiger partial charge is 0.405 e. The lowest BCUT2D eigenvalue weighted by Gasteiger charge is -2.36. The van der Waals surface area contributed by atoms with Gasteiger partial charge >= 0.3 is 6.18 Å². The van der Waals surface area contributed by atoms with Crippen LogP contribution in [0.25, 0.3) is 0 Å². The van der Waals surface area contributed by atoms with E-state index in [2.05, 4.69) is 10.6 Å². The second kappa shape index (κ2) is 7.96. The molecular formula is C14H23F3N4O2. The Labute approximate surface area is 133 Å². The molecule has 23 heavy (non-hydrogen) atoms. The zero-order valence-corrected chi connectivity index (χ0v) is 13.0. The molecule has 2 heterocycles. The van der Waals surface area contributed by atoms with Crippen molar-refractivity contribution in [1.82, 2.24) is 20.4 Å². The fraction of sp³-hybridized carbons (Fsp3) is 0.857. The molecule has 2 N–H and O–H groups in total. The fourth-order valence-electron chi connectivity index (χ4n) is 2.91. The summed E-state index contributed by atoms with van der Waals surface area (Å²) in [5.74, 6) is -0.648. The van der Waals surface area contributed by atoms with Crippen LogP contribution in [0.5, 0.6) is 0 Å². The molecule has 0 aromatic heterocycles. The summed E-state index contributed by atoms with van der Waals surface area (Å²) >= 11 is 0. The van der Waals surface area contributed by atoms with E-state index in [4.69, 9.17) is 0 Å². The Morgan fingerprint density at radius 1 is 1.22 bits per heavy atom. The molecule has 2 saturated heterocycles. The molecule has 0 spiro atoms. The van der Waals surface area contributed by atoms with E-state index in [1.807, 2.05) is 0 Å². The van der Waals surface area contributed by atoms with Gasteiger partial charge in [0.1, 0.15) is 6.04 Å². The summed E-state index contributed by atoms with van der Waals surface area (Å²) in [7, 11) is 0. The van der Waals surface area contributed by atoms with E-state index >= 15 is 0 Å². The number of carbonyl (C=O) groups is 2. The van der Waals surface area contributed by atoms with Gasteiger partial charge in [0.15, 0.2) is 0 Å². The van der Waals surface area contributed by atoms with Crippen molar-refractivity contribution in [3.05, 3.63) is 0 Å². The van der Waals surface area contributed by atoms with Gasteiger partial charge < -0.3 is 15.5 Å². The molecule has 132 valence electrons. The number of carbonyl (C=O) groups excluding carboxylic acids is 2. The molecule has 0 bridgehead atoms. The molecular weight excluding hydrogens is 313 g/mol. The first-order chi connectivity index (χ1) is 10.9. The van der Waals surface area contributed by atoms with E-state index < -0.39 is 24.7 Å². The summed E-state index contributed by atoms with van der Waals surface area (Å²) in [6, 6.07) is -1.69. The first-order valence-corrected chi connectivity index (χ1v) is 7.94. The Morgan fingerprint density at radius 2 is 1.91 bits per heavy atom. The summed E-state index contributed by atoms with van der Waals surface area (Å²) in [4.78, 5) is 26.2. The first kappa shape index (κ1) is 18.0. The van der Waals surface area contributed by atoms with Gasteiger partial charge in [-0.2, -0.15) is 13.2 Å². The minimum Gasteiger partial charge on any atom is -0.353 e. The Balaban J connectivity index is 1.84. The van der Waals surface area contributed by atoms with Crippen molar-refractivity contribution < 1.29 is 22.8 Å². The number of nitrogens with zero attached hydrogens (tertiary/aromatic N) is 2. The average Bonchev–Trinajstić information content (AvgIpc) is 2.49. The number of hydrogen-bond donors (Lipinski definition) is 2. The van der Waals surface area contributed by atoms with Crippen LogP contribution >= 0.6 is 0 Å². The third-order valence-corrected chi connectivity index (χ3v) is 4.22. The lowest BCUT2D eigenvalue weighted by Crippen LogP contribution is -2.58. The summed E-state index contributed by atoms with van der Waals surface area (Å²) in [6.45, 7) is 1.45. The molecule has 6 nitrogen and oxygen atoms in total. The van der Waals surface area contributed by atoms with E-state index in [0.717, 1.165) is 12.8 Å². The van der Waals surface area contributed by atoms with Crippen molar-refractivity contribution in [2.75, 3.05) is 45.8 Å². The Bertz CT molecular complexity index is 425. The van der Waals surface area contributed by atoms with E-state index in [1.165, 1.54) is 9.80 Å². The lowest BCUT2D eigenvalue weighted by molar-refractivity contribution is -0.184. The SMILES string of the molecule is O=C(CN1CCCCC1=O)NCC(N1CCNCC1)C(F)(F)F. The number of rotatable bonds is 5. The summed E-state index contributed by atoms with van der Waals surface area (Å²) in [5.41, 5.74) is 0. The van der Waals surface area contributed by atoms with Gasteiger partial charge in [-0.1, -0.05) is 0 Å². The normalized spacial score (nSPS) is 22.0. The number of alkyl halides is 3. The van der Waals surface area contributed by atoms with E-state index in [9.17, 15) is 22.8 Å². The van der Waals surface area contributed by atoms with Crippen LogP contribution in [0.1, 0.15) is 19.3 Å². The van der Waals surface area contributed by atoms with Crippen LogP contribution in [-0.4, -0.2) is 79.6 Å². The van der Waals surface area contributed by atoms with Crippen molar-refractivity contribution in [2.24, 2.45) is 0 Å². The number of halogens is 3. The van der Waals surface area contributed by atoms with Gasteiger partial charge in [-0.15, -0.1) is 0 Å². The van der Waals surface area contributed by atoms with E-state index in [-0.39, 0.29) is 12.5 Å². The highest BCUT2D eigenvalue weighted by atomic mass is 19.4. The van der Waals surface area contributed by atoms with Gasteiger partial charge in [0.05, 0.1) is 6.54 Å². The molecule has 2 rings (SSSR count). The summed E-state index contributed by atoms with van der Waals surface area (Å²) < 4.78 is 39.6. The zero-order valence-electron chi connectivity index (χ0n) is 13.0. The first-order valence-electron chi connectivity index (χ1n) is 7.94. The number of likely N-dealkylation sites (tertiary alicyclic amines) is 1. The van der Waals surface area contributed by atoms with Crippen LogP contribution in [-0.2, 0) is 9.59 Å². The van der Waals surface area contributed by atoms with Gasteiger partial charge in [0, 0.05) is 45.7 Å². The molecule has 9 heteroatoms. The highest BCUT2D eigenvalue weighted by Crippen LogP contribution is 2.24. The third kappa shape index (κ3) is 5.35. The maximum atomic E-state index is 13.2. The molecule has 2 aliphatic rings. The number of amides is 2. The maximum absolute atomic E-state index is 13.2. The van der Waals surface area contributed by atoms with Crippen molar-refractivity contribution in [1.29, 1.82) is 0 Å². The molecule has 0 radical (unpaired) electrons. The minimum absolute atomic E-state index is 0.110. The van der Waals surface area contributed by atoms with Crippen molar-refractivity contribution in [3.63, 3.8) is 0 Å². The van der Waals surface area contributed by atoms with Crippen molar-refractivity contribution in [2.45, 2.75) is 31.5 Å². The molecule has 0 saturated carbocycles. The van der Waals surface area contributed by atoms with Crippen LogP contribution in [0.15, 0.2) is 0 Å². The molecule has 0 aromatic rings. The quantitative estimate of drug-likeness (QED) is 0.739. The fourth-order valence-corrected chi connectivity index (χ4v) is 2.91. The smallest absolute Gasteiger partial charge is 0.353 e. The van der Waals surface area contributed by atoms with Gasteiger partial charge in [0.2, 0.25) is 11.8 Å². The van der Waals surface area contributed by atoms with Crippen LogP contribution in [0.4, 0.5) is 13.2 Å². The third-order valence-electron chi connectivity index (χ3n) is 4.22. The van der Waals surface area contributed by atoms with Gasteiger partial charge in [-0.05, 0) is 12.8 Å². The van der Waals surface area contributed by atoms with Crippen molar-refractivity contribution >= 4 is 11.8 Å². The van der Waals surface area contributed by atoms with Gasteiger partial charge in [-0.25, -0.2) is 0 Å². The highest BCUT2D eigenvalue weighted by Gasteiger charge is 2.43.